The first-order valence-corrected chi connectivity index (χ1v) is 8.67. The average molecular weight is 408 g/mol. The number of benzene rings is 2. The second-order valence-corrected chi connectivity index (χ2v) is 7.13. The Morgan fingerprint density at radius 2 is 1.32 bits per heavy atom. The Labute approximate surface area is 156 Å². The topological polar surface area (TPSA) is 0 Å². The van der Waals surface area contributed by atoms with E-state index in [1.54, 1.807) is 0 Å². The molecule has 1 saturated carbocycles. The summed E-state index contributed by atoms with van der Waals surface area (Å²) in [6.45, 7) is 0. The molecule has 0 bridgehead atoms. The predicted molar refractivity (Wildman–Crippen MR) is 86.6 cm³/mol. The third-order valence-electron chi connectivity index (χ3n) is 5.17. The van der Waals surface area contributed by atoms with Crippen molar-refractivity contribution in [3.63, 3.8) is 0 Å². The van der Waals surface area contributed by atoms with Crippen LogP contribution in [0, 0.1) is 17.6 Å². The van der Waals surface area contributed by atoms with E-state index in [1.807, 2.05) is 0 Å². The van der Waals surface area contributed by atoms with Gasteiger partial charge in [-0.3, -0.25) is 0 Å². The van der Waals surface area contributed by atoms with Gasteiger partial charge in [0.25, 0.3) is 0 Å². The minimum atomic E-state index is -4.79. The molecule has 0 N–H and O–H groups in total. The summed E-state index contributed by atoms with van der Waals surface area (Å²) in [6.07, 6.45) is -7.67. The monoisotopic (exact) mass is 408 g/mol. The van der Waals surface area contributed by atoms with Gasteiger partial charge in [0.2, 0.25) is 0 Å². The lowest BCUT2D eigenvalue weighted by molar-refractivity contribution is -0.140. The third-order valence-corrected chi connectivity index (χ3v) is 5.17. The van der Waals surface area contributed by atoms with Gasteiger partial charge in [-0.15, -0.1) is 0 Å². The first kappa shape index (κ1) is 20.6. The molecule has 8 heteroatoms. The minimum Gasteiger partial charge on any atom is -0.206 e. The summed E-state index contributed by atoms with van der Waals surface area (Å²) >= 11 is 0. The van der Waals surface area contributed by atoms with E-state index in [2.05, 4.69) is 0 Å². The zero-order valence-electron chi connectivity index (χ0n) is 14.5. The van der Waals surface area contributed by atoms with Crippen molar-refractivity contribution in [2.24, 2.45) is 5.92 Å². The molecule has 0 spiro atoms. The molecule has 0 aliphatic heterocycles. The fraction of sp³-hybridized carbons (Fsp3) is 0.400. The number of rotatable bonds is 3. The molecule has 2 aromatic rings. The standard InChI is InChI=1S/C20H16F8/c21-17-5-2-12(9-15(17)19(23,24)25)7-11-1-3-13(8-11)14-4-6-18(22)16(10-14)20(26,27)28/h2,4-6,9-11,13H,1,3,7-8H2. The summed E-state index contributed by atoms with van der Waals surface area (Å²) in [6, 6.07) is 5.76. The maximum Gasteiger partial charge on any atom is 0.419 e. The van der Waals surface area contributed by atoms with Crippen molar-refractivity contribution in [3.05, 3.63) is 70.3 Å². The Bertz CT molecular complexity index is 850. The van der Waals surface area contributed by atoms with Crippen LogP contribution in [0.15, 0.2) is 36.4 Å². The van der Waals surface area contributed by atoms with E-state index in [4.69, 9.17) is 0 Å². The van der Waals surface area contributed by atoms with E-state index in [-0.39, 0.29) is 18.3 Å². The molecule has 1 fully saturated rings. The largest absolute Gasteiger partial charge is 0.419 e. The van der Waals surface area contributed by atoms with Crippen molar-refractivity contribution in [3.8, 4) is 0 Å². The van der Waals surface area contributed by atoms with Crippen LogP contribution in [0.25, 0.3) is 0 Å². The lowest BCUT2D eigenvalue weighted by atomic mass is 9.92. The summed E-state index contributed by atoms with van der Waals surface area (Å²) in [4.78, 5) is 0. The molecule has 2 atom stereocenters. The van der Waals surface area contributed by atoms with E-state index in [0.717, 1.165) is 24.3 Å². The molecular formula is C20H16F8. The van der Waals surface area contributed by atoms with Gasteiger partial charge in [0.05, 0.1) is 11.1 Å². The van der Waals surface area contributed by atoms with Crippen molar-refractivity contribution >= 4 is 0 Å². The Morgan fingerprint density at radius 1 is 0.750 bits per heavy atom. The lowest BCUT2D eigenvalue weighted by Crippen LogP contribution is -2.10. The molecule has 1 aliphatic carbocycles. The number of halogens is 8. The molecule has 0 amide bonds. The highest BCUT2D eigenvalue weighted by Gasteiger charge is 2.36. The third kappa shape index (κ3) is 4.47. The van der Waals surface area contributed by atoms with Gasteiger partial charge < -0.3 is 0 Å². The van der Waals surface area contributed by atoms with Gasteiger partial charge in [0, 0.05) is 0 Å². The molecule has 0 heterocycles. The van der Waals surface area contributed by atoms with Crippen LogP contribution in [0.3, 0.4) is 0 Å². The van der Waals surface area contributed by atoms with Crippen molar-refractivity contribution in [2.45, 2.75) is 44.0 Å². The van der Waals surface area contributed by atoms with E-state index in [9.17, 15) is 35.1 Å². The van der Waals surface area contributed by atoms with E-state index >= 15 is 0 Å². The number of hydrogen-bond acceptors (Lipinski definition) is 0. The van der Waals surface area contributed by atoms with E-state index in [1.165, 1.54) is 12.1 Å². The van der Waals surface area contributed by atoms with Gasteiger partial charge in [-0.2, -0.15) is 26.3 Å². The summed E-state index contributed by atoms with van der Waals surface area (Å²) in [5.74, 6) is -2.95. The van der Waals surface area contributed by atoms with E-state index < -0.39 is 35.1 Å². The molecule has 1 aliphatic rings. The molecule has 2 aromatic carbocycles. The average Bonchev–Trinajstić information content (AvgIpc) is 3.03. The van der Waals surface area contributed by atoms with Gasteiger partial charge in [-0.1, -0.05) is 12.1 Å². The van der Waals surface area contributed by atoms with Gasteiger partial charge in [0.15, 0.2) is 0 Å². The normalized spacial score (nSPS) is 20.6. The van der Waals surface area contributed by atoms with E-state index in [0.29, 0.717) is 30.4 Å². The summed E-state index contributed by atoms with van der Waals surface area (Å²) in [7, 11) is 0. The Morgan fingerprint density at radius 3 is 1.93 bits per heavy atom. The van der Waals surface area contributed by atoms with Crippen LogP contribution in [0.1, 0.15) is 47.4 Å². The van der Waals surface area contributed by atoms with Crippen LogP contribution in [-0.2, 0) is 18.8 Å². The molecule has 28 heavy (non-hydrogen) atoms. The summed E-state index contributed by atoms with van der Waals surface area (Å²) in [5.41, 5.74) is -1.95. The zero-order chi connectivity index (χ0) is 20.7. The van der Waals surface area contributed by atoms with Crippen LogP contribution in [0.2, 0.25) is 0 Å². The van der Waals surface area contributed by atoms with Gasteiger partial charge >= 0.3 is 12.4 Å². The highest BCUT2D eigenvalue weighted by molar-refractivity contribution is 5.31. The maximum atomic E-state index is 13.4. The van der Waals surface area contributed by atoms with Crippen LogP contribution >= 0.6 is 0 Å². The molecule has 0 saturated heterocycles. The van der Waals surface area contributed by atoms with Crippen molar-refractivity contribution in [2.75, 3.05) is 0 Å². The van der Waals surface area contributed by atoms with Gasteiger partial charge in [-0.25, -0.2) is 8.78 Å². The Hall–Kier alpha value is -2.12. The summed E-state index contributed by atoms with van der Waals surface area (Å²) in [5, 5.41) is 0. The molecule has 3 rings (SSSR count). The molecule has 0 radical (unpaired) electrons. The summed E-state index contributed by atoms with van der Waals surface area (Å²) < 4.78 is 104. The van der Waals surface area contributed by atoms with Crippen molar-refractivity contribution < 1.29 is 35.1 Å². The van der Waals surface area contributed by atoms with Crippen LogP contribution in [0.5, 0.6) is 0 Å². The Kier molecular flexibility index (Phi) is 5.42. The minimum absolute atomic E-state index is 0.0454. The molecule has 152 valence electrons. The molecule has 0 nitrogen and oxygen atoms in total. The highest BCUT2D eigenvalue weighted by Crippen LogP contribution is 2.42. The SMILES string of the molecule is Fc1ccc(CC2CCC(c3ccc(F)c(C(F)(F)F)c3)C2)cc1C(F)(F)F. The van der Waals surface area contributed by atoms with Crippen LogP contribution in [0.4, 0.5) is 35.1 Å². The van der Waals surface area contributed by atoms with Crippen LogP contribution < -0.4 is 0 Å². The van der Waals surface area contributed by atoms with Gasteiger partial charge in [0.1, 0.15) is 11.6 Å². The first-order valence-electron chi connectivity index (χ1n) is 8.67. The van der Waals surface area contributed by atoms with Crippen molar-refractivity contribution in [1.29, 1.82) is 0 Å². The highest BCUT2D eigenvalue weighted by atomic mass is 19.4. The fourth-order valence-electron chi connectivity index (χ4n) is 3.83. The second-order valence-electron chi connectivity index (χ2n) is 7.13. The van der Waals surface area contributed by atoms with Crippen LogP contribution in [-0.4, -0.2) is 0 Å². The molecular weight excluding hydrogens is 392 g/mol. The molecule has 0 aromatic heterocycles. The molecule has 2 unspecified atom stereocenters. The smallest absolute Gasteiger partial charge is 0.206 e. The van der Waals surface area contributed by atoms with Crippen molar-refractivity contribution in [1.82, 2.24) is 0 Å². The number of alkyl halides is 6. The number of hydrogen-bond donors (Lipinski definition) is 0. The zero-order valence-corrected chi connectivity index (χ0v) is 14.5. The lowest BCUT2D eigenvalue weighted by Gasteiger charge is -2.16. The van der Waals surface area contributed by atoms with Gasteiger partial charge in [-0.05, 0) is 72.9 Å². The fourth-order valence-corrected chi connectivity index (χ4v) is 3.83. The predicted octanol–water partition coefficient (Wildman–Crippen LogP) is 7.13. The quantitative estimate of drug-likeness (QED) is 0.474. The second kappa shape index (κ2) is 7.37. The Balaban J connectivity index is 1.73. The maximum absolute atomic E-state index is 13.4. The first-order chi connectivity index (χ1) is 12.9.